The number of nitro groups is 1. The lowest BCUT2D eigenvalue weighted by molar-refractivity contribution is -0.384. The summed E-state index contributed by atoms with van der Waals surface area (Å²) in [6.07, 6.45) is -0.107. The summed E-state index contributed by atoms with van der Waals surface area (Å²) in [6.45, 7) is 4.67. The Labute approximate surface area is 172 Å². The van der Waals surface area contributed by atoms with E-state index in [9.17, 15) is 24.5 Å². The van der Waals surface area contributed by atoms with Gasteiger partial charge in [0.15, 0.2) is 0 Å². The predicted molar refractivity (Wildman–Crippen MR) is 112 cm³/mol. The van der Waals surface area contributed by atoms with E-state index in [1.165, 1.54) is 31.2 Å². The quantitative estimate of drug-likeness (QED) is 0.365. The molecule has 10 heteroatoms. The Balaban J connectivity index is 1.94. The van der Waals surface area contributed by atoms with E-state index in [-0.39, 0.29) is 18.0 Å². The topological polar surface area (TPSA) is 143 Å². The number of nitrogens with zero attached hydrogens (tertiary/aromatic N) is 2. The van der Waals surface area contributed by atoms with Crippen molar-refractivity contribution in [1.29, 1.82) is 0 Å². The number of aryl methyl sites for hydroxylation is 1. The first kappa shape index (κ1) is 22.2. The smallest absolute Gasteiger partial charge is 0.271 e. The molecule has 0 fully saturated rings. The molecule has 0 aromatic heterocycles. The molecule has 0 saturated heterocycles. The van der Waals surface area contributed by atoms with Crippen molar-refractivity contribution in [2.45, 2.75) is 27.2 Å². The maximum absolute atomic E-state index is 12.2. The van der Waals surface area contributed by atoms with Crippen LogP contribution in [0.4, 0.5) is 17.1 Å². The van der Waals surface area contributed by atoms with Gasteiger partial charge >= 0.3 is 0 Å². The van der Waals surface area contributed by atoms with Crippen LogP contribution in [0.3, 0.4) is 0 Å². The number of carbonyl (C=O) groups is 3. The minimum atomic E-state index is -0.542. The third-order valence-corrected chi connectivity index (χ3v) is 3.94. The second kappa shape index (κ2) is 9.92. The summed E-state index contributed by atoms with van der Waals surface area (Å²) in [6, 6.07) is 10.4. The number of anilines is 2. The van der Waals surface area contributed by atoms with Gasteiger partial charge in [-0.3, -0.25) is 24.5 Å². The highest BCUT2D eigenvalue weighted by Gasteiger charge is 2.12. The highest BCUT2D eigenvalue weighted by Crippen LogP contribution is 2.22. The van der Waals surface area contributed by atoms with Crippen molar-refractivity contribution in [3.8, 4) is 0 Å². The lowest BCUT2D eigenvalue weighted by Crippen LogP contribution is -2.21. The summed E-state index contributed by atoms with van der Waals surface area (Å²) in [5.74, 6) is -1.11. The van der Waals surface area contributed by atoms with Gasteiger partial charge in [0.25, 0.3) is 11.6 Å². The number of rotatable bonds is 7. The Morgan fingerprint density at radius 3 is 2.30 bits per heavy atom. The number of amides is 3. The molecule has 0 atom stereocenters. The van der Waals surface area contributed by atoms with Crippen LogP contribution in [-0.4, -0.2) is 28.4 Å². The van der Waals surface area contributed by atoms with E-state index in [1.54, 1.807) is 32.0 Å². The van der Waals surface area contributed by atoms with Gasteiger partial charge in [-0.15, -0.1) is 0 Å². The number of hydrogen-bond donors (Lipinski definition) is 3. The van der Waals surface area contributed by atoms with Crippen LogP contribution in [0.5, 0.6) is 0 Å². The van der Waals surface area contributed by atoms with E-state index in [2.05, 4.69) is 21.2 Å². The van der Waals surface area contributed by atoms with E-state index in [0.717, 1.165) is 0 Å². The first-order valence-corrected chi connectivity index (χ1v) is 8.91. The number of non-ortho nitro benzene ring substituents is 1. The number of hydrazone groups is 1. The molecule has 0 spiro atoms. The van der Waals surface area contributed by atoms with Crippen molar-refractivity contribution in [3.63, 3.8) is 0 Å². The zero-order valence-corrected chi connectivity index (χ0v) is 16.7. The second-order valence-electron chi connectivity index (χ2n) is 6.53. The Morgan fingerprint density at radius 1 is 1.03 bits per heavy atom. The summed E-state index contributed by atoms with van der Waals surface area (Å²) in [5.41, 5.74) is 4.49. The molecular formula is C20H21N5O5. The molecule has 2 aromatic carbocycles. The predicted octanol–water partition coefficient (Wildman–Crippen LogP) is 3.00. The molecule has 0 aliphatic rings. The molecule has 2 aromatic rings. The molecular weight excluding hydrogens is 390 g/mol. The maximum atomic E-state index is 12.2. The summed E-state index contributed by atoms with van der Waals surface area (Å²) in [7, 11) is 0. The van der Waals surface area contributed by atoms with Gasteiger partial charge in [-0.1, -0.05) is 6.07 Å². The van der Waals surface area contributed by atoms with E-state index < -0.39 is 16.7 Å². The molecule has 0 unspecified atom stereocenters. The summed E-state index contributed by atoms with van der Waals surface area (Å²) in [4.78, 5) is 45.7. The standard InChI is InChI=1S/C20H21N5O5/c1-12-4-9-17(25(29)30)11-18(12)22-19(27)10-13(2)23-24-20(28)15-5-7-16(8-6-15)21-14(3)26/h4-9,11H,10H2,1-3H3,(H,21,26)(H,22,27)(H,24,28)/b23-13-. The Bertz CT molecular complexity index is 1010. The van der Waals surface area contributed by atoms with Crippen LogP contribution in [0.1, 0.15) is 36.2 Å². The van der Waals surface area contributed by atoms with E-state index >= 15 is 0 Å². The second-order valence-corrected chi connectivity index (χ2v) is 6.53. The van der Waals surface area contributed by atoms with E-state index in [4.69, 9.17) is 0 Å². The Morgan fingerprint density at radius 2 is 1.70 bits per heavy atom. The molecule has 0 heterocycles. The first-order valence-electron chi connectivity index (χ1n) is 8.91. The highest BCUT2D eigenvalue weighted by molar-refractivity contribution is 6.06. The molecule has 0 bridgehead atoms. The highest BCUT2D eigenvalue weighted by atomic mass is 16.6. The van der Waals surface area contributed by atoms with Gasteiger partial charge in [0.2, 0.25) is 11.8 Å². The van der Waals surface area contributed by atoms with Crippen molar-refractivity contribution >= 4 is 40.5 Å². The van der Waals surface area contributed by atoms with Gasteiger partial charge < -0.3 is 10.6 Å². The van der Waals surface area contributed by atoms with Crippen LogP contribution in [0.25, 0.3) is 0 Å². The van der Waals surface area contributed by atoms with Gasteiger partial charge in [0, 0.05) is 36.0 Å². The maximum Gasteiger partial charge on any atom is 0.271 e. The monoisotopic (exact) mass is 411 g/mol. The molecule has 3 N–H and O–H groups in total. The van der Waals surface area contributed by atoms with Crippen LogP contribution in [-0.2, 0) is 9.59 Å². The lowest BCUT2D eigenvalue weighted by Gasteiger charge is -2.08. The van der Waals surface area contributed by atoms with Crippen molar-refractivity contribution in [2.75, 3.05) is 10.6 Å². The van der Waals surface area contributed by atoms with Gasteiger partial charge in [-0.05, 0) is 43.7 Å². The van der Waals surface area contributed by atoms with Crippen LogP contribution >= 0.6 is 0 Å². The fourth-order valence-corrected chi connectivity index (χ4v) is 2.44. The number of nitrogens with one attached hydrogen (secondary N) is 3. The number of benzene rings is 2. The zero-order valence-electron chi connectivity index (χ0n) is 16.7. The summed E-state index contributed by atoms with van der Waals surface area (Å²) >= 11 is 0. The number of hydrogen-bond acceptors (Lipinski definition) is 6. The number of carbonyl (C=O) groups excluding carboxylic acids is 3. The summed E-state index contributed by atoms with van der Waals surface area (Å²) in [5, 5.41) is 20.0. The van der Waals surface area contributed by atoms with Crippen LogP contribution in [0, 0.1) is 17.0 Å². The minimum absolute atomic E-state index is 0.107. The Hall–Kier alpha value is -4.08. The average Bonchev–Trinajstić information content (AvgIpc) is 2.67. The molecule has 3 amide bonds. The van der Waals surface area contributed by atoms with Gasteiger partial charge in [0.1, 0.15) is 0 Å². The normalized spacial score (nSPS) is 10.8. The van der Waals surface area contributed by atoms with Gasteiger partial charge in [0.05, 0.1) is 17.0 Å². The van der Waals surface area contributed by atoms with Gasteiger partial charge in [-0.25, -0.2) is 5.43 Å². The van der Waals surface area contributed by atoms with Crippen molar-refractivity contribution in [2.24, 2.45) is 5.10 Å². The van der Waals surface area contributed by atoms with Crippen molar-refractivity contribution < 1.29 is 19.3 Å². The van der Waals surface area contributed by atoms with Crippen LogP contribution in [0.15, 0.2) is 47.6 Å². The van der Waals surface area contributed by atoms with Gasteiger partial charge in [-0.2, -0.15) is 5.10 Å². The first-order chi connectivity index (χ1) is 14.2. The van der Waals surface area contributed by atoms with E-state index in [0.29, 0.717) is 28.2 Å². The SMILES string of the molecule is CC(=O)Nc1ccc(C(=O)N/N=C(/C)CC(=O)Nc2cc([N+](=O)[O-])ccc2C)cc1. The third-order valence-electron chi connectivity index (χ3n) is 3.94. The Kier molecular flexibility index (Phi) is 7.34. The molecule has 0 aliphatic carbocycles. The van der Waals surface area contributed by atoms with Crippen LogP contribution < -0.4 is 16.1 Å². The summed E-state index contributed by atoms with van der Waals surface area (Å²) < 4.78 is 0. The molecule has 0 saturated carbocycles. The number of nitro benzene ring substituents is 1. The molecule has 30 heavy (non-hydrogen) atoms. The van der Waals surface area contributed by atoms with Crippen molar-refractivity contribution in [3.05, 3.63) is 63.7 Å². The molecule has 2 rings (SSSR count). The largest absolute Gasteiger partial charge is 0.326 e. The zero-order chi connectivity index (χ0) is 22.3. The fourth-order valence-electron chi connectivity index (χ4n) is 2.44. The molecule has 156 valence electrons. The van der Waals surface area contributed by atoms with Crippen molar-refractivity contribution in [1.82, 2.24) is 5.43 Å². The third kappa shape index (κ3) is 6.51. The molecule has 10 nitrogen and oxygen atoms in total. The molecule has 0 aliphatic heterocycles. The van der Waals surface area contributed by atoms with Crippen LogP contribution in [0.2, 0.25) is 0 Å². The minimum Gasteiger partial charge on any atom is -0.326 e. The molecule has 0 radical (unpaired) electrons. The fraction of sp³-hybridized carbons (Fsp3) is 0.200. The average molecular weight is 411 g/mol. The lowest BCUT2D eigenvalue weighted by atomic mass is 10.1. The van der Waals surface area contributed by atoms with E-state index in [1.807, 2.05) is 0 Å².